The van der Waals surface area contributed by atoms with Gasteiger partial charge in [-0.15, -0.1) is 0 Å². The number of benzene rings is 4. The number of carbonyl (C=O) groups excluding carboxylic acids is 4. The quantitative estimate of drug-likeness (QED) is 0.0784. The Morgan fingerprint density at radius 1 is 0.647 bits per heavy atom. The number of aromatic nitrogens is 4. The molecule has 0 unspecified atom stereocenters. The van der Waals surface area contributed by atoms with Crippen molar-refractivity contribution in [3.63, 3.8) is 0 Å². The largest absolute Gasteiger partial charge is 0.488 e. The van der Waals surface area contributed by atoms with E-state index in [1.165, 1.54) is 0 Å². The van der Waals surface area contributed by atoms with Crippen LogP contribution in [0.5, 0.6) is 11.5 Å². The number of nitrogens with one attached hydrogen (secondary N) is 4. The molecule has 0 radical (unpaired) electrons. The third-order valence-electron chi connectivity index (χ3n) is 13.3. The van der Waals surface area contributed by atoms with E-state index >= 15 is 0 Å². The van der Waals surface area contributed by atoms with Crippen molar-refractivity contribution in [1.82, 2.24) is 40.4 Å². The van der Waals surface area contributed by atoms with Crippen molar-refractivity contribution in [2.75, 3.05) is 40.5 Å². The number of carbonyl (C=O) groups is 4. The third kappa shape index (κ3) is 8.84. The second-order valence-corrected chi connectivity index (χ2v) is 17.6. The van der Waals surface area contributed by atoms with E-state index in [4.69, 9.17) is 28.9 Å². The van der Waals surface area contributed by atoms with Gasteiger partial charge in [0.15, 0.2) is 0 Å². The Morgan fingerprint density at radius 3 is 1.49 bits per heavy atom. The summed E-state index contributed by atoms with van der Waals surface area (Å²) in [6.45, 7) is 2.27. The molecule has 0 spiro atoms. The number of imidazole rings is 2. The molecule has 68 heavy (non-hydrogen) atoms. The number of H-pyrrole nitrogens is 2. The zero-order valence-corrected chi connectivity index (χ0v) is 38.1. The summed E-state index contributed by atoms with van der Waals surface area (Å²) in [5, 5.41) is 5.90. The second-order valence-electron chi connectivity index (χ2n) is 17.6. The molecular formula is C52H54N8O8. The van der Waals surface area contributed by atoms with Gasteiger partial charge in [-0.1, -0.05) is 60.7 Å². The first-order valence-corrected chi connectivity index (χ1v) is 23.3. The highest BCUT2D eigenvalue weighted by Gasteiger charge is 2.39. The molecule has 0 bridgehead atoms. The molecule has 6 aromatic rings. The van der Waals surface area contributed by atoms with Gasteiger partial charge < -0.3 is 49.3 Å². The molecular weight excluding hydrogens is 865 g/mol. The lowest BCUT2D eigenvalue weighted by atomic mass is 9.87. The molecule has 0 aliphatic carbocycles. The molecule has 4 N–H and O–H groups in total. The SMILES string of the molecule is COCCC(=O)N[C@@H](C(=O)N1CCC[C@H]1c1ncc(-c2cc3c4c(c2)OCc2cc(-c5cnc([C@@H]6CCCN6C(=O)[C@H](NC(=O)CCOC)c6ccccc6)[nH]5)cc(c2-4)OC3)[nH]1)c1ccccc1. The van der Waals surface area contributed by atoms with E-state index in [2.05, 4.69) is 32.7 Å². The molecule has 16 heteroatoms. The molecule has 4 aromatic carbocycles. The molecule has 10 rings (SSSR count). The van der Waals surface area contributed by atoms with Crippen LogP contribution in [0, 0.1) is 0 Å². The number of ether oxygens (including phenoxy) is 4. The summed E-state index contributed by atoms with van der Waals surface area (Å²) in [6, 6.07) is 24.7. The highest BCUT2D eigenvalue weighted by molar-refractivity contribution is 5.91. The second kappa shape index (κ2) is 19.5. The van der Waals surface area contributed by atoms with Crippen molar-refractivity contribution in [1.29, 1.82) is 0 Å². The lowest BCUT2D eigenvalue weighted by molar-refractivity contribution is -0.138. The maximum absolute atomic E-state index is 14.2. The molecule has 16 nitrogen and oxygen atoms in total. The number of rotatable bonds is 16. The van der Waals surface area contributed by atoms with Crippen LogP contribution in [-0.2, 0) is 41.9 Å². The van der Waals surface area contributed by atoms with Crippen molar-refractivity contribution in [3.8, 4) is 45.1 Å². The Kier molecular flexibility index (Phi) is 12.8. The average Bonchev–Trinajstić information content (AvgIpc) is 4.23. The van der Waals surface area contributed by atoms with E-state index < -0.39 is 12.1 Å². The number of hydrogen-bond acceptors (Lipinski definition) is 10. The smallest absolute Gasteiger partial charge is 0.250 e. The lowest BCUT2D eigenvalue weighted by Crippen LogP contribution is -2.43. The predicted molar refractivity (Wildman–Crippen MR) is 251 cm³/mol. The van der Waals surface area contributed by atoms with Gasteiger partial charge in [-0.2, -0.15) is 0 Å². The highest BCUT2D eigenvalue weighted by atomic mass is 16.5. The van der Waals surface area contributed by atoms with Crippen LogP contribution >= 0.6 is 0 Å². The fourth-order valence-corrected chi connectivity index (χ4v) is 9.98. The van der Waals surface area contributed by atoms with E-state index in [9.17, 15) is 19.2 Å². The predicted octanol–water partition coefficient (Wildman–Crippen LogP) is 7.03. The Morgan fingerprint density at radius 2 is 1.07 bits per heavy atom. The van der Waals surface area contributed by atoms with Crippen LogP contribution in [0.4, 0.5) is 0 Å². The van der Waals surface area contributed by atoms with Crippen LogP contribution in [0.2, 0.25) is 0 Å². The molecule has 350 valence electrons. The topological polar surface area (TPSA) is 193 Å². The van der Waals surface area contributed by atoms with E-state index in [1.54, 1.807) is 26.6 Å². The maximum atomic E-state index is 14.2. The van der Waals surface area contributed by atoms with Gasteiger partial charge in [0, 0.05) is 73.5 Å². The Hall–Kier alpha value is -7.30. The van der Waals surface area contributed by atoms with Crippen LogP contribution in [0.3, 0.4) is 0 Å². The van der Waals surface area contributed by atoms with Crippen molar-refractivity contribution < 1.29 is 38.1 Å². The molecule has 2 fully saturated rings. The first kappa shape index (κ1) is 44.5. The zero-order chi connectivity index (χ0) is 46.7. The first-order valence-electron chi connectivity index (χ1n) is 23.3. The van der Waals surface area contributed by atoms with Crippen molar-refractivity contribution in [2.24, 2.45) is 0 Å². The fourth-order valence-electron chi connectivity index (χ4n) is 9.98. The summed E-state index contributed by atoms with van der Waals surface area (Å²) in [6.07, 6.45) is 6.98. The Bertz CT molecular complexity index is 2590. The van der Waals surface area contributed by atoms with Crippen LogP contribution in [-0.4, -0.2) is 93.9 Å². The minimum absolute atomic E-state index is 0.152. The number of likely N-dealkylation sites (tertiary alicyclic amines) is 2. The molecule has 4 aliphatic heterocycles. The summed E-state index contributed by atoms with van der Waals surface area (Å²) in [5.74, 6) is 2.00. The van der Waals surface area contributed by atoms with Crippen LogP contribution in [0.15, 0.2) is 97.3 Å². The van der Waals surface area contributed by atoms with Crippen LogP contribution in [0.25, 0.3) is 33.6 Å². The standard InChI is InChI=1S/C52H54N8O8/c1-65-21-17-43(61)57-47(31-11-5-3-6-12-31)51(63)59-19-9-15-39(59)49-53-27-37(55-49)33-23-35-29-68-42-26-34(24-36-30-67-41(25-33)45(35)46(36)42)38-28-54-50(56-38)40-16-10-20-60(40)52(64)48(32-13-7-4-8-14-32)58-44(62)18-22-66-2/h3-8,11-14,23-28,39-40,47-48H,9-10,15-22,29-30H2,1-2H3,(H,53,55)(H,54,56)(H,57,61)(H,58,62)/t39-,40-,47+,48+/m0/s1. The normalized spacial score (nSPS) is 17.7. The summed E-state index contributed by atoms with van der Waals surface area (Å²) < 4.78 is 23.2. The summed E-state index contributed by atoms with van der Waals surface area (Å²) >= 11 is 0. The Labute approximate surface area is 393 Å². The number of hydrogen-bond donors (Lipinski definition) is 4. The van der Waals surface area contributed by atoms with Crippen molar-refractivity contribution >= 4 is 23.6 Å². The minimum atomic E-state index is -0.838. The van der Waals surface area contributed by atoms with Crippen molar-refractivity contribution in [3.05, 3.63) is 131 Å². The summed E-state index contributed by atoms with van der Waals surface area (Å²) in [4.78, 5) is 74.5. The fraction of sp³-hybridized carbons (Fsp3) is 0.346. The van der Waals surface area contributed by atoms with E-state index in [-0.39, 0.29) is 61.8 Å². The average molecular weight is 919 g/mol. The van der Waals surface area contributed by atoms with Gasteiger partial charge in [-0.05, 0) is 61.1 Å². The minimum Gasteiger partial charge on any atom is -0.488 e. The molecule has 0 saturated carbocycles. The maximum Gasteiger partial charge on any atom is 0.250 e. The number of amides is 4. The highest BCUT2D eigenvalue weighted by Crippen LogP contribution is 2.51. The zero-order valence-electron chi connectivity index (χ0n) is 38.1. The summed E-state index contributed by atoms with van der Waals surface area (Å²) in [7, 11) is 3.09. The number of methoxy groups -OCH3 is 2. The van der Waals surface area contributed by atoms with Crippen molar-refractivity contribution in [2.45, 2.75) is 75.9 Å². The monoisotopic (exact) mass is 918 g/mol. The summed E-state index contributed by atoms with van der Waals surface area (Å²) in [5.41, 5.74) is 8.78. The number of aromatic amines is 2. The van der Waals surface area contributed by atoms with Crippen LogP contribution in [0.1, 0.15) is 96.6 Å². The van der Waals surface area contributed by atoms with Gasteiger partial charge in [0.25, 0.3) is 0 Å². The van der Waals surface area contributed by atoms with E-state index in [0.29, 0.717) is 49.1 Å². The van der Waals surface area contributed by atoms with Gasteiger partial charge in [0.1, 0.15) is 48.4 Å². The molecule has 2 saturated heterocycles. The Balaban J connectivity index is 0.863. The first-order chi connectivity index (χ1) is 33.3. The molecule has 6 heterocycles. The molecule has 4 amide bonds. The molecule has 4 atom stereocenters. The van der Waals surface area contributed by atoms with E-state index in [1.807, 2.05) is 82.6 Å². The van der Waals surface area contributed by atoms with Gasteiger partial charge in [0.05, 0.1) is 49.1 Å². The van der Waals surface area contributed by atoms with Gasteiger partial charge >= 0.3 is 0 Å². The van der Waals surface area contributed by atoms with Gasteiger partial charge in [0.2, 0.25) is 23.6 Å². The lowest BCUT2D eigenvalue weighted by Gasteiger charge is -2.30. The van der Waals surface area contributed by atoms with Crippen LogP contribution < -0.4 is 20.1 Å². The van der Waals surface area contributed by atoms with Gasteiger partial charge in [-0.25, -0.2) is 9.97 Å². The number of nitrogens with zero attached hydrogens (tertiary/aromatic N) is 4. The third-order valence-corrected chi connectivity index (χ3v) is 13.3. The molecule has 4 aliphatic rings. The van der Waals surface area contributed by atoms with E-state index in [0.717, 1.165) is 82.0 Å². The van der Waals surface area contributed by atoms with Gasteiger partial charge in [-0.3, -0.25) is 19.2 Å². The molecule has 2 aromatic heterocycles.